The minimum Gasteiger partial charge on any atom is -0.338 e. The van der Waals surface area contributed by atoms with Crippen LogP contribution in [0.5, 0.6) is 0 Å². The van der Waals surface area contributed by atoms with Crippen LogP contribution < -0.4 is 4.90 Å². The van der Waals surface area contributed by atoms with E-state index >= 15 is 0 Å². The third kappa shape index (κ3) is 8.40. The van der Waals surface area contributed by atoms with Gasteiger partial charge < -0.3 is 4.57 Å². The fourth-order valence-corrected chi connectivity index (χ4v) is 4.92. The van der Waals surface area contributed by atoms with E-state index in [0.717, 1.165) is 34.6 Å². The third-order valence-electron chi connectivity index (χ3n) is 6.29. The minimum absolute atomic E-state index is 0.000397. The maximum Gasteiger partial charge on any atom is 0.228 e. The highest BCUT2D eigenvalue weighted by atomic mass is 32.1. The number of amides is 1. The van der Waals surface area contributed by atoms with Crippen LogP contribution in [0.1, 0.15) is 124 Å². The monoisotopic (exact) mass is 557 g/mol. The topological polar surface area (TPSA) is 108 Å². The number of carbonyl (C=O) groups is 1. The predicted molar refractivity (Wildman–Crippen MR) is 156 cm³/mol. The Morgan fingerprint density at radius 3 is 1.92 bits per heavy atom. The lowest BCUT2D eigenvalue weighted by Gasteiger charge is -2.18. The van der Waals surface area contributed by atoms with E-state index in [1.807, 2.05) is 35.9 Å². The highest BCUT2D eigenvalue weighted by Crippen LogP contribution is 2.37. The molecule has 2 aliphatic carbocycles. The molecule has 0 spiro atoms. The van der Waals surface area contributed by atoms with Crippen LogP contribution in [-0.4, -0.2) is 51.9 Å². The molecule has 2 aliphatic rings. The molecule has 0 unspecified atom stereocenters. The van der Waals surface area contributed by atoms with E-state index in [1.54, 1.807) is 11.3 Å². The number of aromatic nitrogens is 8. The van der Waals surface area contributed by atoms with E-state index in [4.69, 9.17) is 0 Å². The quantitative estimate of drug-likeness (QED) is 0.401. The van der Waals surface area contributed by atoms with Crippen LogP contribution in [0, 0.1) is 0 Å². The van der Waals surface area contributed by atoms with Gasteiger partial charge in [-0.25, -0.2) is 9.67 Å². The number of aryl methyl sites for hydroxylation is 1. The molecule has 0 saturated heterocycles. The van der Waals surface area contributed by atoms with Gasteiger partial charge in [0.15, 0.2) is 5.82 Å². The molecule has 0 N–H and O–H groups in total. The van der Waals surface area contributed by atoms with Gasteiger partial charge in [0.2, 0.25) is 11.0 Å². The Hall–Kier alpha value is -2.69. The predicted octanol–water partition coefficient (Wildman–Crippen LogP) is 5.76. The SMILES string of the molecule is CC(C)(C)c1nnnn1C1CC1.CCC(=O)N(c1nnc(C(C)(C)C)s1)C1CC1.Cn1ccnc1C(C)(C)C. The molecule has 11 heteroatoms. The number of nitrogens with zero attached hydrogens (tertiary/aromatic N) is 9. The number of anilines is 1. The molecule has 0 radical (unpaired) electrons. The first-order chi connectivity index (χ1) is 18.0. The van der Waals surface area contributed by atoms with Crippen LogP contribution in [0.25, 0.3) is 0 Å². The van der Waals surface area contributed by atoms with Crippen LogP contribution in [0.15, 0.2) is 12.4 Å². The zero-order chi connectivity index (χ0) is 29.2. The summed E-state index contributed by atoms with van der Waals surface area (Å²) < 4.78 is 4.03. The molecule has 0 aromatic carbocycles. The number of hydrogen-bond acceptors (Lipinski definition) is 8. The molecular formula is C28H47N9OS. The maximum absolute atomic E-state index is 11.9. The van der Waals surface area contributed by atoms with Crippen molar-refractivity contribution in [2.75, 3.05) is 4.90 Å². The smallest absolute Gasteiger partial charge is 0.228 e. The normalized spacial score (nSPS) is 15.7. The van der Waals surface area contributed by atoms with Crippen molar-refractivity contribution < 1.29 is 4.79 Å². The number of hydrogen-bond donors (Lipinski definition) is 0. The molecule has 0 bridgehead atoms. The van der Waals surface area contributed by atoms with Crippen LogP contribution in [0.3, 0.4) is 0 Å². The second-order valence-electron chi connectivity index (χ2n) is 13.5. The number of tetrazole rings is 1. The summed E-state index contributed by atoms with van der Waals surface area (Å²) in [6, 6.07) is 0.942. The molecule has 39 heavy (non-hydrogen) atoms. The zero-order valence-corrected chi connectivity index (χ0v) is 26.5. The molecule has 3 aromatic rings. The molecule has 0 aliphatic heterocycles. The van der Waals surface area contributed by atoms with Crippen molar-refractivity contribution in [1.82, 2.24) is 40.0 Å². The van der Waals surface area contributed by atoms with Crippen molar-refractivity contribution in [1.29, 1.82) is 0 Å². The summed E-state index contributed by atoms with van der Waals surface area (Å²) in [6.45, 7) is 21.1. The van der Waals surface area contributed by atoms with Crippen LogP contribution in [-0.2, 0) is 28.1 Å². The summed E-state index contributed by atoms with van der Waals surface area (Å²) in [6.07, 6.45) is 8.98. The second kappa shape index (κ2) is 11.8. The van der Waals surface area contributed by atoms with Gasteiger partial charge in [0.25, 0.3) is 0 Å². The Balaban J connectivity index is 0.000000169. The molecule has 2 fully saturated rings. The first kappa shape index (κ1) is 30.8. The fraction of sp³-hybridized carbons (Fsp3) is 0.750. The Labute approximate surface area is 237 Å². The van der Waals surface area contributed by atoms with Gasteiger partial charge >= 0.3 is 0 Å². The number of imidazole rings is 1. The molecule has 3 heterocycles. The number of carbonyl (C=O) groups excluding carboxylic acids is 1. The molecule has 3 aromatic heterocycles. The molecule has 0 atom stereocenters. The standard InChI is InChI=1S/C12H19N3OS.C8H14N4.C8H14N2/c1-5-9(16)15(8-6-7-8)11-14-13-10(17-11)12(2,3)4;1-8(2,3)7-9-10-11-12(7)6-4-5-6;1-8(2,3)7-9-5-6-10(7)4/h8H,5-7H2,1-4H3;6H,4-5H2,1-3H3;5-6H,1-4H3. The lowest BCUT2D eigenvalue weighted by atomic mass is 9.96. The van der Waals surface area contributed by atoms with E-state index in [0.29, 0.717) is 18.5 Å². The lowest BCUT2D eigenvalue weighted by molar-refractivity contribution is -0.118. The Bertz CT molecular complexity index is 1210. The van der Waals surface area contributed by atoms with Crippen LogP contribution in [0.4, 0.5) is 5.13 Å². The summed E-state index contributed by atoms with van der Waals surface area (Å²) in [4.78, 5) is 18.0. The van der Waals surface area contributed by atoms with Gasteiger partial charge in [-0.1, -0.05) is 80.6 Å². The minimum atomic E-state index is 0.000397. The van der Waals surface area contributed by atoms with Gasteiger partial charge in [0.1, 0.15) is 10.8 Å². The van der Waals surface area contributed by atoms with Crippen LogP contribution in [0.2, 0.25) is 0 Å². The van der Waals surface area contributed by atoms with Gasteiger partial charge in [-0.05, 0) is 36.1 Å². The van der Waals surface area contributed by atoms with E-state index < -0.39 is 0 Å². The average Bonchev–Trinajstić information content (AvgIpc) is 3.67. The maximum atomic E-state index is 11.9. The van der Waals surface area contributed by atoms with Crippen molar-refractivity contribution >= 4 is 22.4 Å². The molecule has 2 saturated carbocycles. The van der Waals surface area contributed by atoms with Crippen LogP contribution >= 0.6 is 11.3 Å². The molecule has 10 nitrogen and oxygen atoms in total. The first-order valence-electron chi connectivity index (χ1n) is 14.0. The van der Waals surface area contributed by atoms with Gasteiger partial charge in [0, 0.05) is 48.1 Å². The van der Waals surface area contributed by atoms with Gasteiger partial charge in [-0.3, -0.25) is 9.69 Å². The number of rotatable bonds is 4. The molecule has 216 valence electrons. The Morgan fingerprint density at radius 2 is 1.54 bits per heavy atom. The highest BCUT2D eigenvalue weighted by molar-refractivity contribution is 7.15. The summed E-state index contributed by atoms with van der Waals surface area (Å²) in [5, 5.41) is 21.9. The largest absolute Gasteiger partial charge is 0.338 e. The lowest BCUT2D eigenvalue weighted by Crippen LogP contribution is -2.32. The Morgan fingerprint density at radius 1 is 0.923 bits per heavy atom. The summed E-state index contributed by atoms with van der Waals surface area (Å²) in [7, 11) is 2.02. The zero-order valence-electron chi connectivity index (χ0n) is 25.7. The first-order valence-corrected chi connectivity index (χ1v) is 14.8. The molecule has 5 rings (SSSR count). The summed E-state index contributed by atoms with van der Waals surface area (Å²) in [5.41, 5.74) is 0.227. The van der Waals surface area contributed by atoms with E-state index in [9.17, 15) is 4.79 Å². The third-order valence-corrected chi connectivity index (χ3v) is 7.64. The Kier molecular flexibility index (Phi) is 9.35. The molecule has 1 amide bonds. The van der Waals surface area contributed by atoms with Crippen molar-refractivity contribution in [3.8, 4) is 0 Å². The van der Waals surface area contributed by atoms with Gasteiger partial charge in [-0.15, -0.1) is 15.3 Å². The van der Waals surface area contributed by atoms with Crippen molar-refractivity contribution in [2.45, 2.75) is 130 Å². The molecular weight excluding hydrogens is 510 g/mol. The summed E-state index contributed by atoms with van der Waals surface area (Å²) >= 11 is 1.54. The average molecular weight is 558 g/mol. The van der Waals surface area contributed by atoms with Gasteiger partial charge in [0.05, 0.1) is 6.04 Å². The van der Waals surface area contributed by atoms with Crippen molar-refractivity contribution in [2.24, 2.45) is 7.05 Å². The van der Waals surface area contributed by atoms with E-state index in [2.05, 4.69) is 97.6 Å². The second-order valence-corrected chi connectivity index (χ2v) is 14.5. The van der Waals surface area contributed by atoms with Crippen molar-refractivity contribution in [3.63, 3.8) is 0 Å². The highest BCUT2D eigenvalue weighted by Gasteiger charge is 2.36. The summed E-state index contributed by atoms with van der Waals surface area (Å²) in [5.74, 6) is 2.29. The van der Waals surface area contributed by atoms with Crippen molar-refractivity contribution in [3.05, 3.63) is 29.1 Å². The fourth-order valence-electron chi connectivity index (χ4n) is 3.93. The van der Waals surface area contributed by atoms with Gasteiger partial charge in [-0.2, -0.15) is 0 Å². The van der Waals surface area contributed by atoms with E-state index in [1.165, 1.54) is 12.8 Å². The van der Waals surface area contributed by atoms with E-state index in [-0.39, 0.29) is 22.2 Å².